The normalized spacial score (nSPS) is 10.2. The van der Waals surface area contributed by atoms with Crippen LogP contribution in [0.1, 0.15) is 46.9 Å². The van der Waals surface area contributed by atoms with E-state index in [4.69, 9.17) is 10.5 Å². The molecular weight excluding hydrogens is 256 g/mol. The van der Waals surface area contributed by atoms with Crippen molar-refractivity contribution in [3.05, 3.63) is 35.4 Å². The van der Waals surface area contributed by atoms with E-state index in [1.165, 1.54) is 0 Å². The minimum Gasteiger partial charge on any atom is -0.381 e. The van der Waals surface area contributed by atoms with Gasteiger partial charge in [0.25, 0.3) is 5.91 Å². The molecule has 20 heavy (non-hydrogen) atoms. The predicted octanol–water partition coefficient (Wildman–Crippen LogP) is 1.72. The molecule has 0 aromatic heterocycles. The van der Waals surface area contributed by atoms with Crippen LogP contribution in [0.5, 0.6) is 0 Å². The van der Waals surface area contributed by atoms with Crippen LogP contribution in [0.2, 0.25) is 0 Å². The van der Waals surface area contributed by atoms with Gasteiger partial charge in [-0.1, -0.05) is 13.3 Å². The summed E-state index contributed by atoms with van der Waals surface area (Å²) in [5.41, 5.74) is 6.04. The molecule has 0 saturated carbocycles. The molecule has 0 aliphatic carbocycles. The van der Waals surface area contributed by atoms with Crippen LogP contribution >= 0.6 is 0 Å². The molecule has 0 spiro atoms. The number of nitrogens with two attached hydrogens (primary N) is 1. The highest BCUT2D eigenvalue weighted by Crippen LogP contribution is 2.03. The van der Waals surface area contributed by atoms with Gasteiger partial charge in [0.1, 0.15) is 0 Å². The van der Waals surface area contributed by atoms with Gasteiger partial charge in [-0.15, -0.1) is 0 Å². The van der Waals surface area contributed by atoms with Crippen molar-refractivity contribution in [1.29, 1.82) is 0 Å². The van der Waals surface area contributed by atoms with Gasteiger partial charge in [0, 0.05) is 30.9 Å². The molecule has 0 atom stereocenters. The van der Waals surface area contributed by atoms with Gasteiger partial charge in [0.05, 0.1) is 0 Å². The Balaban J connectivity index is 2.24. The topological polar surface area (TPSA) is 81.4 Å². The molecule has 0 unspecified atom stereocenters. The van der Waals surface area contributed by atoms with Crippen LogP contribution in [0.3, 0.4) is 0 Å². The van der Waals surface area contributed by atoms with Crippen molar-refractivity contribution in [3.63, 3.8) is 0 Å². The van der Waals surface area contributed by atoms with E-state index >= 15 is 0 Å². The van der Waals surface area contributed by atoms with Crippen molar-refractivity contribution < 1.29 is 14.3 Å². The molecule has 0 fully saturated rings. The molecule has 0 bridgehead atoms. The molecule has 5 heteroatoms. The lowest BCUT2D eigenvalue weighted by molar-refractivity contribution is 0.0938. The second-order valence-electron chi connectivity index (χ2n) is 4.52. The lowest BCUT2D eigenvalue weighted by atomic mass is 10.1. The molecule has 1 aromatic carbocycles. The van der Waals surface area contributed by atoms with Crippen LogP contribution in [-0.2, 0) is 4.74 Å². The Morgan fingerprint density at radius 2 is 1.70 bits per heavy atom. The maximum atomic E-state index is 11.8. The van der Waals surface area contributed by atoms with Crippen molar-refractivity contribution in [1.82, 2.24) is 5.32 Å². The lowest BCUT2D eigenvalue weighted by Gasteiger charge is -2.06. The van der Waals surface area contributed by atoms with Crippen LogP contribution in [-0.4, -0.2) is 31.6 Å². The minimum absolute atomic E-state index is 0.158. The van der Waals surface area contributed by atoms with Gasteiger partial charge >= 0.3 is 0 Å². The molecule has 0 heterocycles. The third kappa shape index (κ3) is 5.84. The van der Waals surface area contributed by atoms with Gasteiger partial charge in [0.2, 0.25) is 5.91 Å². The largest absolute Gasteiger partial charge is 0.381 e. The van der Waals surface area contributed by atoms with Crippen LogP contribution in [0, 0.1) is 0 Å². The highest BCUT2D eigenvalue weighted by atomic mass is 16.5. The van der Waals surface area contributed by atoms with Crippen molar-refractivity contribution >= 4 is 11.8 Å². The number of hydrogen-bond acceptors (Lipinski definition) is 3. The van der Waals surface area contributed by atoms with E-state index in [1.807, 2.05) is 0 Å². The van der Waals surface area contributed by atoms with Gasteiger partial charge in [-0.2, -0.15) is 0 Å². The zero-order valence-electron chi connectivity index (χ0n) is 11.9. The number of ether oxygens (including phenoxy) is 1. The fourth-order valence-corrected chi connectivity index (χ4v) is 1.61. The first-order valence-corrected chi connectivity index (χ1v) is 6.91. The summed E-state index contributed by atoms with van der Waals surface area (Å²) in [6, 6.07) is 6.27. The molecule has 0 aliphatic heterocycles. The summed E-state index contributed by atoms with van der Waals surface area (Å²) >= 11 is 0. The average Bonchev–Trinajstić information content (AvgIpc) is 2.46. The van der Waals surface area contributed by atoms with Crippen LogP contribution < -0.4 is 11.1 Å². The van der Waals surface area contributed by atoms with E-state index in [0.29, 0.717) is 24.3 Å². The quantitative estimate of drug-likeness (QED) is 0.675. The van der Waals surface area contributed by atoms with Crippen LogP contribution in [0.15, 0.2) is 24.3 Å². The van der Waals surface area contributed by atoms with Gasteiger partial charge in [-0.05, 0) is 37.1 Å². The zero-order valence-corrected chi connectivity index (χ0v) is 11.9. The van der Waals surface area contributed by atoms with Crippen molar-refractivity contribution in [3.8, 4) is 0 Å². The number of amides is 2. The summed E-state index contributed by atoms with van der Waals surface area (Å²) in [5, 5.41) is 2.80. The van der Waals surface area contributed by atoms with E-state index in [2.05, 4.69) is 12.2 Å². The summed E-state index contributed by atoms with van der Waals surface area (Å²) in [6.45, 7) is 4.12. The van der Waals surface area contributed by atoms with Gasteiger partial charge in [0.15, 0.2) is 0 Å². The number of benzene rings is 1. The molecule has 2 amide bonds. The van der Waals surface area contributed by atoms with E-state index in [1.54, 1.807) is 24.3 Å². The second-order valence-corrected chi connectivity index (χ2v) is 4.52. The first-order valence-electron chi connectivity index (χ1n) is 6.91. The summed E-state index contributed by atoms with van der Waals surface area (Å²) in [4.78, 5) is 22.7. The summed E-state index contributed by atoms with van der Waals surface area (Å²) in [6.07, 6.45) is 2.98. The second kappa shape index (κ2) is 9.09. The lowest BCUT2D eigenvalue weighted by Crippen LogP contribution is -2.25. The molecule has 3 N–H and O–H groups in total. The monoisotopic (exact) mass is 278 g/mol. The third-order valence-electron chi connectivity index (χ3n) is 2.82. The van der Waals surface area contributed by atoms with E-state index in [0.717, 1.165) is 25.9 Å². The number of hydrogen-bond donors (Lipinski definition) is 2. The molecular formula is C15H22N2O3. The van der Waals surface area contributed by atoms with Gasteiger partial charge in [-0.3, -0.25) is 9.59 Å². The number of rotatable bonds is 9. The summed E-state index contributed by atoms with van der Waals surface area (Å²) < 4.78 is 5.40. The Morgan fingerprint density at radius 1 is 1.10 bits per heavy atom. The van der Waals surface area contributed by atoms with Gasteiger partial charge < -0.3 is 15.8 Å². The highest BCUT2D eigenvalue weighted by molar-refractivity contribution is 5.97. The number of carbonyl (C=O) groups is 2. The first kappa shape index (κ1) is 16.2. The summed E-state index contributed by atoms with van der Waals surface area (Å²) in [5.74, 6) is -0.657. The number of carbonyl (C=O) groups excluding carboxylic acids is 2. The summed E-state index contributed by atoms with van der Waals surface area (Å²) in [7, 11) is 0. The molecule has 5 nitrogen and oxygen atoms in total. The molecule has 0 saturated heterocycles. The number of primary amides is 1. The number of unbranched alkanes of at least 4 members (excludes halogenated alkanes) is 1. The maximum absolute atomic E-state index is 11.8. The van der Waals surface area contributed by atoms with E-state index < -0.39 is 5.91 Å². The van der Waals surface area contributed by atoms with Crippen LogP contribution in [0.4, 0.5) is 0 Å². The Kier molecular flexibility index (Phi) is 7.35. The smallest absolute Gasteiger partial charge is 0.251 e. The van der Waals surface area contributed by atoms with Crippen molar-refractivity contribution in [2.24, 2.45) is 5.73 Å². The molecule has 0 radical (unpaired) electrons. The SMILES string of the molecule is CCCCOCCCNC(=O)c1ccc(C(N)=O)cc1. The maximum Gasteiger partial charge on any atom is 0.251 e. The van der Waals surface area contributed by atoms with Crippen molar-refractivity contribution in [2.75, 3.05) is 19.8 Å². The van der Waals surface area contributed by atoms with E-state index in [-0.39, 0.29) is 5.91 Å². The fourth-order valence-electron chi connectivity index (χ4n) is 1.61. The Bertz CT molecular complexity index is 429. The predicted molar refractivity (Wildman–Crippen MR) is 77.6 cm³/mol. The number of nitrogens with one attached hydrogen (secondary N) is 1. The average molecular weight is 278 g/mol. The molecule has 1 rings (SSSR count). The Hall–Kier alpha value is -1.88. The standard InChI is InChI=1S/C15H22N2O3/c1-2-3-10-20-11-4-9-17-15(19)13-7-5-12(6-8-13)14(16)18/h5-8H,2-4,9-11H2,1H3,(H2,16,18)(H,17,19). The zero-order chi connectivity index (χ0) is 14.8. The Labute approximate surface area is 119 Å². The van der Waals surface area contributed by atoms with E-state index in [9.17, 15) is 9.59 Å². The Morgan fingerprint density at radius 3 is 2.30 bits per heavy atom. The first-order chi connectivity index (χ1) is 9.65. The third-order valence-corrected chi connectivity index (χ3v) is 2.82. The highest BCUT2D eigenvalue weighted by Gasteiger charge is 2.06. The molecule has 0 aliphatic rings. The van der Waals surface area contributed by atoms with Crippen molar-refractivity contribution in [2.45, 2.75) is 26.2 Å². The van der Waals surface area contributed by atoms with Crippen LogP contribution in [0.25, 0.3) is 0 Å². The fraction of sp³-hybridized carbons (Fsp3) is 0.467. The molecule has 1 aromatic rings. The minimum atomic E-state index is -0.499. The van der Waals surface area contributed by atoms with Gasteiger partial charge in [-0.25, -0.2) is 0 Å². The molecule has 110 valence electrons.